The fraction of sp³-hybridized carbons (Fsp3) is 0.286. The van der Waals surface area contributed by atoms with Crippen LogP contribution in [0.15, 0.2) is 48.5 Å². The number of rotatable bonds is 7. The van der Waals surface area contributed by atoms with E-state index in [-0.39, 0.29) is 18.1 Å². The Kier molecular flexibility index (Phi) is 6.67. The highest BCUT2D eigenvalue weighted by molar-refractivity contribution is 6.00. The van der Waals surface area contributed by atoms with E-state index in [0.29, 0.717) is 11.3 Å². The van der Waals surface area contributed by atoms with Gasteiger partial charge in [-0.3, -0.25) is 14.4 Å². The van der Waals surface area contributed by atoms with Crippen molar-refractivity contribution in [2.45, 2.75) is 39.7 Å². The first-order valence-corrected chi connectivity index (χ1v) is 8.58. The second-order valence-corrected chi connectivity index (χ2v) is 6.10. The second-order valence-electron chi connectivity index (χ2n) is 6.10. The number of ketones is 1. The van der Waals surface area contributed by atoms with Gasteiger partial charge in [-0.05, 0) is 36.6 Å². The smallest absolute Gasteiger partial charge is 0.310 e. The predicted octanol–water partition coefficient (Wildman–Crippen LogP) is 3.56. The van der Waals surface area contributed by atoms with Crippen LogP contribution in [-0.2, 0) is 27.2 Å². The van der Waals surface area contributed by atoms with Crippen LogP contribution in [0.2, 0.25) is 0 Å². The molecule has 2 rings (SSSR count). The van der Waals surface area contributed by atoms with Gasteiger partial charge >= 0.3 is 5.97 Å². The lowest BCUT2D eigenvalue weighted by atomic mass is 10.0. The van der Waals surface area contributed by atoms with Gasteiger partial charge in [0.2, 0.25) is 11.7 Å². The highest BCUT2D eigenvalue weighted by Crippen LogP contribution is 2.13. The molecule has 1 atom stereocenters. The third-order valence-corrected chi connectivity index (χ3v) is 3.95. The zero-order chi connectivity index (χ0) is 19.1. The van der Waals surface area contributed by atoms with E-state index in [4.69, 9.17) is 4.74 Å². The molecule has 0 aliphatic rings. The highest BCUT2D eigenvalue weighted by atomic mass is 16.5. The van der Waals surface area contributed by atoms with Crippen LogP contribution >= 0.6 is 0 Å². The molecule has 2 aromatic carbocycles. The van der Waals surface area contributed by atoms with Crippen molar-refractivity contribution in [2.75, 3.05) is 5.32 Å². The van der Waals surface area contributed by atoms with Crippen molar-refractivity contribution < 1.29 is 19.1 Å². The van der Waals surface area contributed by atoms with Gasteiger partial charge in [-0.2, -0.15) is 0 Å². The molecular formula is C21H23NO4. The average molecular weight is 353 g/mol. The summed E-state index contributed by atoms with van der Waals surface area (Å²) in [5.74, 6) is -0.846. The Bertz CT molecular complexity index is 779. The van der Waals surface area contributed by atoms with Crippen molar-refractivity contribution >= 4 is 23.3 Å². The lowest BCUT2D eigenvalue weighted by molar-refractivity contribution is -0.145. The number of hydrogen-bond acceptors (Lipinski definition) is 4. The Morgan fingerprint density at radius 1 is 0.962 bits per heavy atom. The summed E-state index contributed by atoms with van der Waals surface area (Å²) in [5.41, 5.74) is 3.08. The second kappa shape index (κ2) is 8.94. The highest BCUT2D eigenvalue weighted by Gasteiger charge is 2.19. The number of hydrogen-bond donors (Lipinski definition) is 1. The molecule has 0 unspecified atom stereocenters. The van der Waals surface area contributed by atoms with E-state index in [0.717, 1.165) is 17.5 Å². The molecule has 0 saturated carbocycles. The standard InChI is InChI=1S/C21H23NO4/c1-4-16-5-9-18(10-6-16)21(25)14(2)26-20(24)13-17-7-11-19(12-8-17)22-15(3)23/h5-12,14H,4,13H2,1-3H3,(H,22,23)/t14-/m1/s1. The van der Waals surface area contributed by atoms with Crippen molar-refractivity contribution in [1.82, 2.24) is 0 Å². The molecule has 0 bridgehead atoms. The van der Waals surface area contributed by atoms with Crippen molar-refractivity contribution in [3.05, 3.63) is 65.2 Å². The maximum atomic E-state index is 12.4. The van der Waals surface area contributed by atoms with Crippen LogP contribution in [0.3, 0.4) is 0 Å². The first-order valence-electron chi connectivity index (χ1n) is 8.58. The molecule has 26 heavy (non-hydrogen) atoms. The third-order valence-electron chi connectivity index (χ3n) is 3.95. The van der Waals surface area contributed by atoms with Gasteiger partial charge in [-0.15, -0.1) is 0 Å². The molecule has 5 nitrogen and oxygen atoms in total. The summed E-state index contributed by atoms with van der Waals surface area (Å²) in [7, 11) is 0. The van der Waals surface area contributed by atoms with E-state index in [1.165, 1.54) is 6.92 Å². The van der Waals surface area contributed by atoms with Crippen molar-refractivity contribution in [3.8, 4) is 0 Å². The monoisotopic (exact) mass is 353 g/mol. The van der Waals surface area contributed by atoms with Crippen LogP contribution in [0.25, 0.3) is 0 Å². The number of aryl methyl sites for hydroxylation is 1. The molecule has 0 aliphatic carbocycles. The first-order chi connectivity index (χ1) is 12.4. The SMILES string of the molecule is CCc1ccc(C(=O)[C@@H](C)OC(=O)Cc2ccc(NC(C)=O)cc2)cc1. The Morgan fingerprint density at radius 3 is 2.08 bits per heavy atom. The number of Topliss-reactive ketones (excluding diaryl/α,β-unsaturated/α-hetero) is 1. The van der Waals surface area contributed by atoms with Crippen molar-refractivity contribution in [1.29, 1.82) is 0 Å². The molecule has 0 spiro atoms. The molecule has 1 amide bonds. The lowest BCUT2D eigenvalue weighted by Crippen LogP contribution is -2.25. The van der Waals surface area contributed by atoms with E-state index in [2.05, 4.69) is 5.32 Å². The molecule has 1 N–H and O–H groups in total. The Hall–Kier alpha value is -2.95. The van der Waals surface area contributed by atoms with E-state index in [1.54, 1.807) is 43.3 Å². The van der Waals surface area contributed by atoms with E-state index in [1.807, 2.05) is 19.1 Å². The zero-order valence-electron chi connectivity index (χ0n) is 15.2. The molecule has 5 heteroatoms. The van der Waals surface area contributed by atoms with Crippen LogP contribution < -0.4 is 5.32 Å². The number of esters is 1. The number of carbonyl (C=O) groups is 3. The maximum absolute atomic E-state index is 12.4. The molecule has 0 fully saturated rings. The fourth-order valence-corrected chi connectivity index (χ4v) is 2.51. The molecule has 0 radical (unpaired) electrons. The quantitative estimate of drug-likeness (QED) is 0.610. The minimum Gasteiger partial charge on any atom is -0.454 e. The van der Waals surface area contributed by atoms with Gasteiger partial charge in [0.25, 0.3) is 0 Å². The van der Waals surface area contributed by atoms with Gasteiger partial charge in [0.05, 0.1) is 6.42 Å². The number of benzene rings is 2. The third kappa shape index (κ3) is 5.55. The van der Waals surface area contributed by atoms with E-state index >= 15 is 0 Å². The molecular weight excluding hydrogens is 330 g/mol. The Labute approximate surface area is 153 Å². The minimum atomic E-state index is -0.839. The minimum absolute atomic E-state index is 0.0622. The van der Waals surface area contributed by atoms with Crippen LogP contribution in [0, 0.1) is 0 Å². The fourth-order valence-electron chi connectivity index (χ4n) is 2.51. The van der Waals surface area contributed by atoms with Gasteiger partial charge in [-0.25, -0.2) is 0 Å². The van der Waals surface area contributed by atoms with Crippen LogP contribution in [0.5, 0.6) is 0 Å². The summed E-state index contributed by atoms with van der Waals surface area (Å²) in [5, 5.41) is 2.66. The number of anilines is 1. The summed E-state index contributed by atoms with van der Waals surface area (Å²) in [6, 6.07) is 14.2. The van der Waals surface area contributed by atoms with Crippen LogP contribution in [0.4, 0.5) is 5.69 Å². The van der Waals surface area contributed by atoms with Crippen LogP contribution in [-0.4, -0.2) is 23.8 Å². The largest absolute Gasteiger partial charge is 0.454 e. The van der Waals surface area contributed by atoms with Gasteiger partial charge in [0.1, 0.15) is 0 Å². The number of amides is 1. The van der Waals surface area contributed by atoms with Crippen molar-refractivity contribution in [2.24, 2.45) is 0 Å². The predicted molar refractivity (Wildman–Crippen MR) is 100 cm³/mol. The molecule has 0 aromatic heterocycles. The summed E-state index contributed by atoms with van der Waals surface area (Å²) >= 11 is 0. The number of carbonyl (C=O) groups excluding carboxylic acids is 3. The van der Waals surface area contributed by atoms with Gasteiger partial charge in [0, 0.05) is 18.2 Å². The molecule has 0 aliphatic heterocycles. The van der Waals surface area contributed by atoms with Crippen molar-refractivity contribution in [3.63, 3.8) is 0 Å². The van der Waals surface area contributed by atoms with Gasteiger partial charge in [0.15, 0.2) is 6.10 Å². The Morgan fingerprint density at radius 2 is 1.54 bits per heavy atom. The number of nitrogens with one attached hydrogen (secondary N) is 1. The molecule has 2 aromatic rings. The summed E-state index contributed by atoms with van der Waals surface area (Å²) in [6.45, 7) is 5.05. The topological polar surface area (TPSA) is 72.5 Å². The van der Waals surface area contributed by atoms with E-state index in [9.17, 15) is 14.4 Å². The summed E-state index contributed by atoms with van der Waals surface area (Å²) in [4.78, 5) is 35.4. The molecule has 0 heterocycles. The summed E-state index contributed by atoms with van der Waals surface area (Å²) < 4.78 is 5.26. The molecule has 0 saturated heterocycles. The zero-order valence-corrected chi connectivity index (χ0v) is 15.2. The first kappa shape index (κ1) is 19.4. The summed E-state index contributed by atoms with van der Waals surface area (Å²) in [6.07, 6.45) is 0.126. The van der Waals surface area contributed by atoms with Gasteiger partial charge in [-0.1, -0.05) is 43.3 Å². The Balaban J connectivity index is 1.91. The number of ether oxygens (including phenoxy) is 1. The van der Waals surface area contributed by atoms with E-state index < -0.39 is 12.1 Å². The average Bonchev–Trinajstić information content (AvgIpc) is 2.62. The lowest BCUT2D eigenvalue weighted by Gasteiger charge is -2.13. The molecule has 136 valence electrons. The van der Waals surface area contributed by atoms with Gasteiger partial charge < -0.3 is 10.1 Å². The normalized spacial score (nSPS) is 11.5. The van der Waals surface area contributed by atoms with Crippen LogP contribution in [0.1, 0.15) is 42.3 Å². The maximum Gasteiger partial charge on any atom is 0.310 e.